The summed E-state index contributed by atoms with van der Waals surface area (Å²) in [4.78, 5) is 0. The molecule has 0 saturated heterocycles. The molecule has 0 aliphatic heterocycles. The van der Waals surface area contributed by atoms with Crippen molar-refractivity contribution in [2.75, 3.05) is 6.61 Å². The van der Waals surface area contributed by atoms with Crippen LogP contribution in [0.1, 0.15) is 22.8 Å². The van der Waals surface area contributed by atoms with Crippen LogP contribution in [0.3, 0.4) is 0 Å². The van der Waals surface area contributed by atoms with Gasteiger partial charge >= 0.3 is 0 Å². The molecule has 0 saturated carbocycles. The molecule has 1 aromatic rings. The lowest BCUT2D eigenvalue weighted by molar-refractivity contribution is 0.0956. The van der Waals surface area contributed by atoms with Crippen LogP contribution < -0.4 is 0 Å². The number of aliphatic hydroxyl groups excluding tert-OH is 2. The highest BCUT2D eigenvalue weighted by Gasteiger charge is 2.05. The van der Waals surface area contributed by atoms with E-state index in [1.165, 1.54) is 5.56 Å². The number of aryl methyl sites for hydroxylation is 2. The van der Waals surface area contributed by atoms with Crippen molar-refractivity contribution in [3.05, 3.63) is 34.9 Å². The van der Waals surface area contributed by atoms with Gasteiger partial charge in [-0.2, -0.15) is 0 Å². The zero-order chi connectivity index (χ0) is 9.14. The summed E-state index contributed by atoms with van der Waals surface area (Å²) in [5.41, 5.74) is 3.12. The first kappa shape index (κ1) is 9.23. The van der Waals surface area contributed by atoms with Crippen LogP contribution in [0.4, 0.5) is 0 Å². The summed E-state index contributed by atoms with van der Waals surface area (Å²) in [6.07, 6.45) is -0.746. The largest absolute Gasteiger partial charge is 0.393 e. The molecular weight excluding hydrogens is 152 g/mol. The van der Waals surface area contributed by atoms with Gasteiger partial charge in [0.1, 0.15) is 6.10 Å². The highest BCUT2D eigenvalue weighted by Crippen LogP contribution is 2.16. The topological polar surface area (TPSA) is 40.5 Å². The number of hydrogen-bond acceptors (Lipinski definition) is 2. The molecule has 12 heavy (non-hydrogen) atoms. The zero-order valence-electron chi connectivity index (χ0n) is 7.41. The molecule has 0 amide bonds. The maximum absolute atomic E-state index is 9.29. The summed E-state index contributed by atoms with van der Waals surface area (Å²) in [5, 5.41) is 18.0. The van der Waals surface area contributed by atoms with Crippen LogP contribution in [0.15, 0.2) is 18.2 Å². The standard InChI is InChI=1S/C10H14O2/c1-7-3-4-9(5-8(7)2)10(12)6-11/h3-5,10-12H,6H2,1-2H3/t10-/m0/s1. The lowest BCUT2D eigenvalue weighted by atomic mass is 10.0. The molecule has 0 bridgehead atoms. The van der Waals surface area contributed by atoms with E-state index in [0.29, 0.717) is 0 Å². The predicted octanol–water partition coefficient (Wildman–Crippen LogP) is 1.33. The second kappa shape index (κ2) is 3.70. The van der Waals surface area contributed by atoms with Crippen molar-refractivity contribution >= 4 is 0 Å². The molecule has 1 rings (SSSR count). The first-order valence-corrected chi connectivity index (χ1v) is 4.01. The molecule has 0 aliphatic rings. The van der Waals surface area contributed by atoms with Crippen LogP contribution in [-0.2, 0) is 0 Å². The summed E-state index contributed by atoms with van der Waals surface area (Å²) >= 11 is 0. The number of aliphatic hydroxyl groups is 2. The Kier molecular flexibility index (Phi) is 2.84. The van der Waals surface area contributed by atoms with Gasteiger partial charge in [0.2, 0.25) is 0 Å². The molecule has 0 heterocycles. The van der Waals surface area contributed by atoms with Gasteiger partial charge in [-0.3, -0.25) is 0 Å². The van der Waals surface area contributed by atoms with Crippen molar-refractivity contribution < 1.29 is 10.2 Å². The van der Waals surface area contributed by atoms with E-state index in [0.717, 1.165) is 11.1 Å². The van der Waals surface area contributed by atoms with E-state index in [-0.39, 0.29) is 6.61 Å². The van der Waals surface area contributed by atoms with Crippen molar-refractivity contribution in [1.29, 1.82) is 0 Å². The molecular formula is C10H14O2. The van der Waals surface area contributed by atoms with Crippen LogP contribution in [0.5, 0.6) is 0 Å². The van der Waals surface area contributed by atoms with Gasteiger partial charge in [-0.05, 0) is 30.5 Å². The second-order valence-electron chi connectivity index (χ2n) is 3.04. The Bertz CT molecular complexity index is 269. The molecule has 0 spiro atoms. The normalized spacial score (nSPS) is 13.0. The Hall–Kier alpha value is -0.860. The van der Waals surface area contributed by atoms with E-state index in [4.69, 9.17) is 5.11 Å². The fourth-order valence-corrected chi connectivity index (χ4v) is 1.08. The zero-order valence-corrected chi connectivity index (χ0v) is 7.41. The monoisotopic (exact) mass is 166 g/mol. The summed E-state index contributed by atoms with van der Waals surface area (Å²) in [6, 6.07) is 5.68. The van der Waals surface area contributed by atoms with Gasteiger partial charge in [0, 0.05) is 0 Å². The van der Waals surface area contributed by atoms with Crippen molar-refractivity contribution in [3.63, 3.8) is 0 Å². The SMILES string of the molecule is Cc1ccc([C@@H](O)CO)cc1C. The average molecular weight is 166 g/mol. The number of hydrogen-bond donors (Lipinski definition) is 2. The smallest absolute Gasteiger partial charge is 0.102 e. The number of benzene rings is 1. The Morgan fingerprint density at radius 3 is 2.42 bits per heavy atom. The number of rotatable bonds is 2. The first-order chi connectivity index (χ1) is 5.65. The van der Waals surface area contributed by atoms with Gasteiger partial charge in [-0.25, -0.2) is 0 Å². The quantitative estimate of drug-likeness (QED) is 0.695. The lowest BCUT2D eigenvalue weighted by Gasteiger charge is -2.09. The Morgan fingerprint density at radius 2 is 1.92 bits per heavy atom. The average Bonchev–Trinajstić information content (AvgIpc) is 2.08. The molecule has 1 aromatic carbocycles. The van der Waals surface area contributed by atoms with Crippen molar-refractivity contribution in [1.82, 2.24) is 0 Å². The van der Waals surface area contributed by atoms with Crippen molar-refractivity contribution in [2.24, 2.45) is 0 Å². The minimum Gasteiger partial charge on any atom is -0.393 e. The van der Waals surface area contributed by atoms with Gasteiger partial charge in [0.15, 0.2) is 0 Å². The maximum atomic E-state index is 9.29. The second-order valence-corrected chi connectivity index (χ2v) is 3.04. The fraction of sp³-hybridized carbons (Fsp3) is 0.400. The minimum absolute atomic E-state index is 0.220. The maximum Gasteiger partial charge on any atom is 0.102 e. The molecule has 0 radical (unpaired) electrons. The van der Waals surface area contributed by atoms with Gasteiger partial charge in [-0.15, -0.1) is 0 Å². The fourth-order valence-electron chi connectivity index (χ4n) is 1.08. The van der Waals surface area contributed by atoms with Crippen LogP contribution in [0, 0.1) is 13.8 Å². The van der Waals surface area contributed by atoms with E-state index in [1.54, 1.807) is 0 Å². The molecule has 0 fully saturated rings. The van der Waals surface area contributed by atoms with Crippen LogP contribution in [-0.4, -0.2) is 16.8 Å². The van der Waals surface area contributed by atoms with Gasteiger partial charge < -0.3 is 10.2 Å². The summed E-state index contributed by atoms with van der Waals surface area (Å²) in [7, 11) is 0. The predicted molar refractivity (Wildman–Crippen MR) is 48.0 cm³/mol. The first-order valence-electron chi connectivity index (χ1n) is 4.01. The van der Waals surface area contributed by atoms with Gasteiger partial charge in [0.05, 0.1) is 6.61 Å². The molecule has 66 valence electrons. The molecule has 0 aliphatic carbocycles. The van der Waals surface area contributed by atoms with Gasteiger partial charge in [-0.1, -0.05) is 18.2 Å². The van der Waals surface area contributed by atoms with E-state index in [9.17, 15) is 5.11 Å². The molecule has 0 aromatic heterocycles. The van der Waals surface area contributed by atoms with Crippen LogP contribution in [0.25, 0.3) is 0 Å². The Balaban J connectivity index is 2.96. The van der Waals surface area contributed by atoms with E-state index >= 15 is 0 Å². The van der Waals surface area contributed by atoms with E-state index in [2.05, 4.69) is 0 Å². The molecule has 1 atom stereocenters. The third-order valence-electron chi connectivity index (χ3n) is 2.09. The summed E-state index contributed by atoms with van der Waals surface area (Å²) < 4.78 is 0. The molecule has 2 nitrogen and oxygen atoms in total. The molecule has 2 heteroatoms. The summed E-state index contributed by atoms with van der Waals surface area (Å²) in [6.45, 7) is 3.79. The van der Waals surface area contributed by atoms with Crippen molar-refractivity contribution in [2.45, 2.75) is 20.0 Å². The van der Waals surface area contributed by atoms with Crippen LogP contribution >= 0.6 is 0 Å². The Morgan fingerprint density at radius 1 is 1.25 bits per heavy atom. The molecule has 0 unspecified atom stereocenters. The van der Waals surface area contributed by atoms with Crippen LogP contribution in [0.2, 0.25) is 0 Å². The van der Waals surface area contributed by atoms with E-state index in [1.807, 2.05) is 32.0 Å². The third-order valence-corrected chi connectivity index (χ3v) is 2.09. The molecule has 2 N–H and O–H groups in total. The third kappa shape index (κ3) is 1.84. The van der Waals surface area contributed by atoms with Gasteiger partial charge in [0.25, 0.3) is 0 Å². The highest BCUT2D eigenvalue weighted by molar-refractivity contribution is 5.31. The summed E-state index contributed by atoms with van der Waals surface area (Å²) in [5.74, 6) is 0. The van der Waals surface area contributed by atoms with E-state index < -0.39 is 6.10 Å². The Labute approximate surface area is 72.5 Å². The minimum atomic E-state index is -0.746. The van der Waals surface area contributed by atoms with Crippen molar-refractivity contribution in [3.8, 4) is 0 Å². The lowest BCUT2D eigenvalue weighted by Crippen LogP contribution is -2.02. The highest BCUT2D eigenvalue weighted by atomic mass is 16.3.